The van der Waals surface area contributed by atoms with Crippen LogP contribution in [0.15, 0.2) is 36.9 Å². The summed E-state index contributed by atoms with van der Waals surface area (Å²) in [6.07, 6.45) is 4.51. The van der Waals surface area contributed by atoms with Gasteiger partial charge in [0.1, 0.15) is 11.9 Å². The summed E-state index contributed by atoms with van der Waals surface area (Å²) < 4.78 is 21.4. The maximum atomic E-state index is 13.7. The highest BCUT2D eigenvalue weighted by molar-refractivity contribution is 6.36. The molecule has 2 aromatic heterocycles. The molecule has 5 nitrogen and oxygen atoms in total. The van der Waals surface area contributed by atoms with Gasteiger partial charge >= 0.3 is 0 Å². The van der Waals surface area contributed by atoms with Crippen molar-refractivity contribution in [2.45, 2.75) is 13.0 Å². The molecular formula is C17H15Cl2FN4O. The van der Waals surface area contributed by atoms with Gasteiger partial charge in [0.25, 0.3) is 0 Å². The van der Waals surface area contributed by atoms with Crippen LogP contribution >= 0.6 is 23.2 Å². The van der Waals surface area contributed by atoms with E-state index in [0.717, 1.165) is 11.3 Å². The van der Waals surface area contributed by atoms with Crippen molar-refractivity contribution >= 4 is 29.0 Å². The number of aromatic nitrogens is 3. The Kier molecular flexibility index (Phi) is 4.83. The maximum Gasteiger partial charge on any atom is 0.166 e. The average Bonchev–Trinajstić information content (AvgIpc) is 3.00. The monoisotopic (exact) mass is 380 g/mol. The minimum absolute atomic E-state index is 0.0765. The Morgan fingerprint density at radius 3 is 2.72 bits per heavy atom. The van der Waals surface area contributed by atoms with Crippen LogP contribution in [-0.4, -0.2) is 14.5 Å². The van der Waals surface area contributed by atoms with Gasteiger partial charge in [-0.3, -0.25) is 0 Å². The van der Waals surface area contributed by atoms with Gasteiger partial charge in [0.15, 0.2) is 11.6 Å². The predicted octanol–water partition coefficient (Wildman–Crippen LogP) is 4.65. The van der Waals surface area contributed by atoms with E-state index in [9.17, 15) is 4.39 Å². The number of rotatable bonds is 4. The summed E-state index contributed by atoms with van der Waals surface area (Å²) in [4.78, 5) is 8.41. The van der Waals surface area contributed by atoms with Gasteiger partial charge in [-0.1, -0.05) is 23.2 Å². The summed E-state index contributed by atoms with van der Waals surface area (Å²) in [5.41, 5.74) is 7.73. The van der Waals surface area contributed by atoms with Gasteiger partial charge in [-0.2, -0.15) is 0 Å². The molecule has 1 atom stereocenters. The molecule has 2 heterocycles. The smallest absolute Gasteiger partial charge is 0.166 e. The molecule has 2 N–H and O–H groups in total. The molecule has 130 valence electrons. The van der Waals surface area contributed by atoms with Crippen molar-refractivity contribution in [2.75, 3.05) is 5.73 Å². The van der Waals surface area contributed by atoms with Crippen molar-refractivity contribution in [2.24, 2.45) is 7.05 Å². The van der Waals surface area contributed by atoms with Crippen LogP contribution in [0.2, 0.25) is 10.0 Å². The van der Waals surface area contributed by atoms with Crippen LogP contribution in [0.25, 0.3) is 11.3 Å². The van der Waals surface area contributed by atoms with Crippen LogP contribution in [0.1, 0.15) is 18.6 Å². The molecule has 8 heteroatoms. The third kappa shape index (κ3) is 3.55. The van der Waals surface area contributed by atoms with Crippen LogP contribution in [0, 0.1) is 5.82 Å². The molecule has 0 bridgehead atoms. The second-order valence-electron chi connectivity index (χ2n) is 5.55. The van der Waals surface area contributed by atoms with Crippen LogP contribution in [0.5, 0.6) is 5.75 Å². The Morgan fingerprint density at radius 1 is 1.28 bits per heavy atom. The molecule has 25 heavy (non-hydrogen) atoms. The first-order valence-electron chi connectivity index (χ1n) is 7.40. The number of aryl methyl sites for hydroxylation is 1. The van der Waals surface area contributed by atoms with Gasteiger partial charge in [-0.25, -0.2) is 14.4 Å². The molecule has 0 saturated carbocycles. The lowest BCUT2D eigenvalue weighted by molar-refractivity contribution is 0.227. The summed E-state index contributed by atoms with van der Waals surface area (Å²) >= 11 is 12.2. The molecule has 3 rings (SSSR count). The Labute approximate surface area is 154 Å². The maximum absolute atomic E-state index is 13.7. The number of benzene rings is 1. The third-order valence-electron chi connectivity index (χ3n) is 3.67. The number of anilines is 1. The topological polar surface area (TPSA) is 66.0 Å². The summed E-state index contributed by atoms with van der Waals surface area (Å²) in [5, 5.41) is 0.235. The molecule has 0 radical (unpaired) electrons. The Morgan fingerprint density at radius 2 is 2.04 bits per heavy atom. The van der Waals surface area contributed by atoms with E-state index in [1.165, 1.54) is 12.1 Å². The first kappa shape index (κ1) is 17.5. The van der Waals surface area contributed by atoms with Crippen LogP contribution in [-0.2, 0) is 7.05 Å². The van der Waals surface area contributed by atoms with Crippen molar-refractivity contribution in [3.63, 3.8) is 0 Å². The SMILES string of the molecule is CC(Oc1cc(-c2cn(C)cn2)cnc1N)c1c(Cl)ccc(F)c1Cl. The van der Waals surface area contributed by atoms with Crippen molar-refractivity contribution < 1.29 is 9.13 Å². The molecule has 0 aliphatic heterocycles. The first-order chi connectivity index (χ1) is 11.9. The van der Waals surface area contributed by atoms with Gasteiger partial charge in [0, 0.05) is 35.6 Å². The van der Waals surface area contributed by atoms with Gasteiger partial charge in [0.05, 0.1) is 17.0 Å². The molecule has 0 aliphatic rings. The van der Waals surface area contributed by atoms with Crippen molar-refractivity contribution in [1.82, 2.24) is 14.5 Å². The molecule has 1 unspecified atom stereocenters. The largest absolute Gasteiger partial charge is 0.482 e. The fraction of sp³-hybridized carbons (Fsp3) is 0.176. The highest BCUT2D eigenvalue weighted by Crippen LogP contribution is 2.36. The van der Waals surface area contributed by atoms with Gasteiger partial charge in [0.2, 0.25) is 0 Å². The molecule has 0 aliphatic carbocycles. The molecule has 0 saturated heterocycles. The third-order valence-corrected chi connectivity index (χ3v) is 4.39. The summed E-state index contributed by atoms with van der Waals surface area (Å²) in [7, 11) is 1.87. The van der Waals surface area contributed by atoms with Crippen LogP contribution < -0.4 is 10.5 Å². The van der Waals surface area contributed by atoms with Gasteiger partial charge < -0.3 is 15.0 Å². The van der Waals surface area contributed by atoms with E-state index in [2.05, 4.69) is 9.97 Å². The minimum Gasteiger partial charge on any atom is -0.482 e. The summed E-state index contributed by atoms with van der Waals surface area (Å²) in [6.45, 7) is 1.71. The fourth-order valence-electron chi connectivity index (χ4n) is 2.42. The summed E-state index contributed by atoms with van der Waals surface area (Å²) in [5.74, 6) is -0.0212. The second kappa shape index (κ2) is 6.90. The second-order valence-corrected chi connectivity index (χ2v) is 6.33. The van der Waals surface area contributed by atoms with E-state index in [-0.39, 0.29) is 10.8 Å². The standard InChI is InChI=1S/C17H15Cl2FN4O/c1-9(15-11(18)3-4-12(20)16(15)19)25-14-5-10(6-22-17(14)21)13-7-24(2)8-23-13/h3-9H,1-2H3,(H2,21,22). The van der Waals surface area contributed by atoms with Crippen molar-refractivity contribution in [3.05, 3.63) is 58.3 Å². The minimum atomic E-state index is -0.626. The molecular weight excluding hydrogens is 366 g/mol. The number of halogens is 3. The Balaban J connectivity index is 1.94. The van der Waals surface area contributed by atoms with Crippen LogP contribution in [0.4, 0.5) is 10.2 Å². The van der Waals surface area contributed by atoms with E-state index in [1.54, 1.807) is 25.5 Å². The molecule has 0 fully saturated rings. The lowest BCUT2D eigenvalue weighted by Crippen LogP contribution is -2.08. The Hall–Kier alpha value is -2.31. The first-order valence-corrected chi connectivity index (χ1v) is 8.16. The quantitative estimate of drug-likeness (QED) is 0.668. The van der Waals surface area contributed by atoms with E-state index in [4.69, 9.17) is 33.7 Å². The number of nitrogen functional groups attached to an aromatic ring is 1. The van der Waals surface area contributed by atoms with E-state index in [1.807, 2.05) is 17.8 Å². The molecule has 1 aromatic carbocycles. The predicted molar refractivity (Wildman–Crippen MR) is 96.3 cm³/mol. The molecule has 0 amide bonds. The fourth-order valence-corrected chi connectivity index (χ4v) is 3.09. The summed E-state index contributed by atoms with van der Waals surface area (Å²) in [6, 6.07) is 4.37. The highest BCUT2D eigenvalue weighted by Gasteiger charge is 2.20. The van der Waals surface area contributed by atoms with Crippen molar-refractivity contribution in [1.29, 1.82) is 0 Å². The molecule has 0 spiro atoms. The number of hydrogen-bond donors (Lipinski definition) is 1. The average molecular weight is 381 g/mol. The number of nitrogens with two attached hydrogens (primary N) is 1. The van der Waals surface area contributed by atoms with Gasteiger partial charge in [-0.15, -0.1) is 0 Å². The molecule has 3 aromatic rings. The van der Waals surface area contributed by atoms with Crippen molar-refractivity contribution in [3.8, 4) is 17.0 Å². The normalized spacial score (nSPS) is 12.2. The van der Waals surface area contributed by atoms with Gasteiger partial charge in [-0.05, 0) is 25.1 Å². The number of pyridine rings is 1. The van der Waals surface area contributed by atoms with E-state index < -0.39 is 11.9 Å². The lowest BCUT2D eigenvalue weighted by Gasteiger charge is -2.19. The zero-order valence-electron chi connectivity index (χ0n) is 13.5. The zero-order valence-corrected chi connectivity index (χ0v) is 15.0. The lowest BCUT2D eigenvalue weighted by atomic mass is 10.1. The van der Waals surface area contributed by atoms with E-state index >= 15 is 0 Å². The number of nitrogens with zero attached hydrogens (tertiary/aromatic N) is 3. The number of ether oxygens (including phenoxy) is 1. The number of imidazole rings is 1. The Bertz CT molecular complexity index is 929. The zero-order chi connectivity index (χ0) is 18.1. The number of hydrogen-bond acceptors (Lipinski definition) is 4. The highest BCUT2D eigenvalue weighted by atomic mass is 35.5. The van der Waals surface area contributed by atoms with E-state index in [0.29, 0.717) is 16.3 Å². The van der Waals surface area contributed by atoms with Crippen LogP contribution in [0.3, 0.4) is 0 Å².